The van der Waals surface area contributed by atoms with Crippen LogP contribution in [0.15, 0.2) is 36.5 Å². The minimum absolute atomic E-state index is 0.334. The van der Waals surface area contributed by atoms with E-state index in [0.717, 1.165) is 0 Å². The first-order valence-corrected chi connectivity index (χ1v) is 12.2. The van der Waals surface area contributed by atoms with Crippen molar-refractivity contribution in [3.8, 4) is 11.3 Å². The predicted molar refractivity (Wildman–Crippen MR) is 128 cm³/mol. The second-order valence-electron chi connectivity index (χ2n) is 11.8. The van der Waals surface area contributed by atoms with E-state index in [1.54, 1.807) is 0 Å². The number of nitrogens with zero attached hydrogens (tertiary/aromatic N) is 1. The molecule has 0 bridgehead atoms. The Kier molecular flexibility index (Phi) is 5.62. The third kappa shape index (κ3) is 4.10. The van der Waals surface area contributed by atoms with Gasteiger partial charge in [0.2, 0.25) is 5.69 Å². The highest BCUT2D eigenvalue weighted by molar-refractivity contribution is 5.62. The van der Waals surface area contributed by atoms with Gasteiger partial charge in [0.1, 0.15) is 7.05 Å². The molecule has 4 rings (SSSR count). The second kappa shape index (κ2) is 7.81. The topological polar surface area (TPSA) is 3.88 Å². The van der Waals surface area contributed by atoms with Gasteiger partial charge in [0.05, 0.1) is 0 Å². The van der Waals surface area contributed by atoms with E-state index in [1.165, 1.54) is 85.7 Å². The van der Waals surface area contributed by atoms with Crippen LogP contribution in [-0.2, 0) is 17.9 Å². The first kappa shape index (κ1) is 21.6. The van der Waals surface area contributed by atoms with E-state index < -0.39 is 0 Å². The monoisotopic (exact) mass is 404 g/mol. The number of benzene rings is 1. The van der Waals surface area contributed by atoms with Crippen LogP contribution in [0.25, 0.3) is 11.3 Å². The first-order chi connectivity index (χ1) is 14.1. The summed E-state index contributed by atoms with van der Waals surface area (Å²) in [6.07, 6.45) is 14.5. The molecule has 0 N–H and O–H groups in total. The average Bonchev–Trinajstić information content (AvgIpc) is 2.71. The maximum Gasteiger partial charge on any atom is 0.212 e. The lowest BCUT2D eigenvalue weighted by Crippen LogP contribution is -2.35. The summed E-state index contributed by atoms with van der Waals surface area (Å²) in [4.78, 5) is 0. The fourth-order valence-electron chi connectivity index (χ4n) is 5.96. The zero-order valence-electron chi connectivity index (χ0n) is 20.3. The van der Waals surface area contributed by atoms with E-state index >= 15 is 0 Å². The molecule has 0 amide bonds. The molecule has 1 nitrogen and oxygen atoms in total. The fourth-order valence-corrected chi connectivity index (χ4v) is 5.96. The molecule has 0 atom stereocenters. The summed E-state index contributed by atoms with van der Waals surface area (Å²) in [5, 5.41) is 0. The third-order valence-corrected chi connectivity index (χ3v) is 8.69. The molecule has 2 fully saturated rings. The zero-order valence-corrected chi connectivity index (χ0v) is 20.3. The quantitative estimate of drug-likeness (QED) is 0.464. The summed E-state index contributed by atoms with van der Waals surface area (Å²) in [5.74, 6) is 0. The van der Waals surface area contributed by atoms with Gasteiger partial charge in [-0.05, 0) is 85.0 Å². The minimum atomic E-state index is 0.334. The number of pyridine rings is 1. The average molecular weight is 405 g/mol. The molecule has 30 heavy (non-hydrogen) atoms. The van der Waals surface area contributed by atoms with Gasteiger partial charge in [-0.15, -0.1) is 0 Å². The molecule has 162 valence electrons. The van der Waals surface area contributed by atoms with E-state index in [9.17, 15) is 0 Å². The van der Waals surface area contributed by atoms with E-state index in [4.69, 9.17) is 0 Å². The van der Waals surface area contributed by atoms with Crippen molar-refractivity contribution in [1.29, 1.82) is 0 Å². The van der Waals surface area contributed by atoms with Crippen molar-refractivity contribution in [2.24, 2.45) is 12.5 Å². The second-order valence-corrected chi connectivity index (χ2v) is 11.8. The van der Waals surface area contributed by atoms with E-state index in [1.807, 2.05) is 0 Å². The summed E-state index contributed by atoms with van der Waals surface area (Å²) < 4.78 is 2.36. The van der Waals surface area contributed by atoms with Crippen molar-refractivity contribution in [2.45, 2.75) is 103 Å². The van der Waals surface area contributed by atoms with Crippen molar-refractivity contribution in [3.05, 3.63) is 53.2 Å². The highest BCUT2D eigenvalue weighted by atomic mass is 14.9. The molecule has 2 aliphatic carbocycles. The molecular formula is C29H42N+. The summed E-state index contributed by atoms with van der Waals surface area (Å²) in [6.45, 7) is 12.1. The molecule has 1 aromatic carbocycles. The lowest BCUT2D eigenvalue weighted by molar-refractivity contribution is -0.661. The molecule has 1 aromatic heterocycles. The van der Waals surface area contributed by atoms with Crippen LogP contribution < -0.4 is 4.57 Å². The van der Waals surface area contributed by atoms with Crippen LogP contribution in [0.4, 0.5) is 0 Å². The van der Waals surface area contributed by atoms with Gasteiger partial charge in [-0.3, -0.25) is 0 Å². The molecule has 0 spiro atoms. The van der Waals surface area contributed by atoms with Crippen molar-refractivity contribution in [3.63, 3.8) is 0 Å². The summed E-state index contributed by atoms with van der Waals surface area (Å²) >= 11 is 0. The van der Waals surface area contributed by atoms with Gasteiger partial charge < -0.3 is 0 Å². The summed E-state index contributed by atoms with van der Waals surface area (Å²) in [5.41, 5.74) is 8.37. The zero-order chi connectivity index (χ0) is 21.6. The Hall–Kier alpha value is -1.63. The first-order valence-electron chi connectivity index (χ1n) is 12.2. The van der Waals surface area contributed by atoms with Crippen molar-refractivity contribution in [2.75, 3.05) is 0 Å². The maximum atomic E-state index is 2.48. The molecule has 2 saturated carbocycles. The summed E-state index contributed by atoms with van der Waals surface area (Å²) in [7, 11) is 2.23. The van der Waals surface area contributed by atoms with E-state index in [2.05, 4.69) is 82.8 Å². The van der Waals surface area contributed by atoms with Gasteiger partial charge in [0.15, 0.2) is 6.20 Å². The lowest BCUT2D eigenvalue weighted by Gasteiger charge is -2.42. The highest BCUT2D eigenvalue weighted by Gasteiger charge is 2.36. The molecule has 1 heteroatoms. The fraction of sp³-hybridized carbons (Fsp3) is 0.621. The Morgan fingerprint density at radius 3 is 1.90 bits per heavy atom. The molecule has 1 heterocycles. The van der Waals surface area contributed by atoms with E-state index in [-0.39, 0.29) is 0 Å². The Labute approximate surface area is 184 Å². The minimum Gasteiger partial charge on any atom is -0.201 e. The summed E-state index contributed by atoms with van der Waals surface area (Å²) in [6, 6.07) is 12.0. The van der Waals surface area contributed by atoms with Crippen LogP contribution in [0.3, 0.4) is 0 Å². The molecule has 0 radical (unpaired) electrons. The highest BCUT2D eigenvalue weighted by Crippen LogP contribution is 2.47. The van der Waals surface area contributed by atoms with Gasteiger partial charge in [-0.25, -0.2) is 4.57 Å². The Bertz CT molecular complexity index is 904. The van der Waals surface area contributed by atoms with Crippen molar-refractivity contribution < 1.29 is 4.57 Å². The predicted octanol–water partition coefficient (Wildman–Crippen LogP) is 7.57. The van der Waals surface area contributed by atoms with Crippen molar-refractivity contribution in [1.82, 2.24) is 0 Å². The van der Waals surface area contributed by atoms with Gasteiger partial charge >= 0.3 is 0 Å². The number of aryl methyl sites for hydroxylation is 2. The van der Waals surface area contributed by atoms with Crippen LogP contribution in [-0.4, -0.2) is 0 Å². The maximum absolute atomic E-state index is 2.48. The smallest absolute Gasteiger partial charge is 0.201 e. The number of hydrogen-bond donors (Lipinski definition) is 0. The van der Waals surface area contributed by atoms with Crippen LogP contribution in [0.2, 0.25) is 0 Å². The Morgan fingerprint density at radius 1 is 0.700 bits per heavy atom. The molecule has 2 aromatic rings. The number of rotatable bonds is 3. The molecule has 2 aliphatic rings. The van der Waals surface area contributed by atoms with Gasteiger partial charge in [-0.1, -0.05) is 59.1 Å². The van der Waals surface area contributed by atoms with Gasteiger partial charge in [0, 0.05) is 17.2 Å². The molecule has 0 saturated heterocycles. The largest absolute Gasteiger partial charge is 0.212 e. The SMILES string of the molecule is Cc1cc(C2(C)CCC(C)(C)CC2)ccc1-c1ccc(C2(C)CCCCC2)c[n+]1C. The normalized spacial score (nSPS) is 22.6. The molecule has 0 unspecified atom stereocenters. The van der Waals surface area contributed by atoms with E-state index in [0.29, 0.717) is 16.2 Å². The van der Waals surface area contributed by atoms with Crippen LogP contribution >= 0.6 is 0 Å². The Morgan fingerprint density at radius 2 is 1.30 bits per heavy atom. The van der Waals surface area contributed by atoms with Gasteiger partial charge in [-0.2, -0.15) is 0 Å². The van der Waals surface area contributed by atoms with Crippen LogP contribution in [0, 0.1) is 12.3 Å². The van der Waals surface area contributed by atoms with Crippen LogP contribution in [0.1, 0.15) is 102 Å². The van der Waals surface area contributed by atoms with Crippen LogP contribution in [0.5, 0.6) is 0 Å². The Balaban J connectivity index is 1.61. The lowest BCUT2D eigenvalue weighted by atomic mass is 9.63. The van der Waals surface area contributed by atoms with Gasteiger partial charge in [0.25, 0.3) is 0 Å². The molecule has 0 aliphatic heterocycles. The van der Waals surface area contributed by atoms with Crippen molar-refractivity contribution >= 4 is 0 Å². The number of hydrogen-bond acceptors (Lipinski definition) is 0. The standard InChI is InChI=1S/C29H42N/c1-22-20-23(29(5)18-16-27(2,3)17-19-29)10-12-25(22)26-13-11-24(21-30(26)6)28(4)14-8-7-9-15-28/h10-13,20-21H,7-9,14-19H2,1-6H3/q+1. The third-order valence-electron chi connectivity index (χ3n) is 8.69. The number of aromatic nitrogens is 1. The molecular weight excluding hydrogens is 362 g/mol.